The summed E-state index contributed by atoms with van der Waals surface area (Å²) in [7, 11) is 0. The van der Waals surface area contributed by atoms with Gasteiger partial charge in [-0.1, -0.05) is 23.7 Å². The number of fused-ring (bicyclic) bond motifs is 4. The van der Waals surface area contributed by atoms with Crippen LogP contribution in [0.2, 0.25) is 5.02 Å². The van der Waals surface area contributed by atoms with Crippen molar-refractivity contribution >= 4 is 39.9 Å². The van der Waals surface area contributed by atoms with E-state index in [2.05, 4.69) is 11.1 Å². The molecule has 0 atom stereocenters. The second-order valence-corrected chi connectivity index (χ2v) is 9.47. The number of carbonyl (C=O) groups is 1. The number of nitrogens with zero attached hydrogens (tertiary/aromatic N) is 2. The minimum absolute atomic E-state index is 0.0969. The molecular weight excluding hydrogens is 432 g/mol. The Morgan fingerprint density at radius 2 is 1.97 bits per heavy atom. The molecule has 0 aliphatic carbocycles. The Labute approximate surface area is 188 Å². The lowest BCUT2D eigenvalue weighted by atomic mass is 9.96. The number of thiophene rings is 1. The second kappa shape index (κ2) is 7.39. The smallest absolute Gasteiger partial charge is 0.263 e. The monoisotopic (exact) mass is 450 g/mol. The SMILES string of the molecule is O=C(c1cc2c(s1)-c1ccccc1OC2)N1CCC(c2nc3cc(Cl)ccc3o2)CC1. The number of rotatable bonds is 2. The van der Waals surface area contributed by atoms with E-state index in [1.165, 1.54) is 0 Å². The van der Waals surface area contributed by atoms with E-state index in [1.807, 2.05) is 47.4 Å². The Kier molecular flexibility index (Phi) is 4.51. The standard InChI is InChI=1S/C24H19ClN2O3S/c25-16-5-6-20-18(12-16)26-23(30-20)14-7-9-27(10-8-14)24(28)21-11-15-13-29-19-4-2-1-3-17(19)22(15)31-21/h1-6,11-12,14H,7-10,13H2. The number of carbonyl (C=O) groups excluding carboxylic acids is 1. The zero-order valence-electron chi connectivity index (χ0n) is 16.6. The van der Waals surface area contributed by atoms with E-state index in [1.54, 1.807) is 11.3 Å². The van der Waals surface area contributed by atoms with Gasteiger partial charge in [0.15, 0.2) is 11.5 Å². The maximum Gasteiger partial charge on any atom is 0.263 e. The van der Waals surface area contributed by atoms with E-state index in [9.17, 15) is 4.79 Å². The van der Waals surface area contributed by atoms with Crippen LogP contribution in [0.25, 0.3) is 21.5 Å². The number of oxazole rings is 1. The molecule has 0 saturated carbocycles. The van der Waals surface area contributed by atoms with E-state index in [-0.39, 0.29) is 11.8 Å². The summed E-state index contributed by atoms with van der Waals surface area (Å²) < 4.78 is 11.8. The van der Waals surface area contributed by atoms with Crippen LogP contribution in [0.1, 0.15) is 39.9 Å². The van der Waals surface area contributed by atoms with Crippen molar-refractivity contribution in [2.45, 2.75) is 25.4 Å². The fourth-order valence-corrected chi connectivity index (χ4v) is 5.71. The van der Waals surface area contributed by atoms with Crippen LogP contribution < -0.4 is 4.74 Å². The number of hydrogen-bond acceptors (Lipinski definition) is 5. The lowest BCUT2D eigenvalue weighted by molar-refractivity contribution is 0.0711. The molecule has 1 amide bonds. The number of amides is 1. The highest BCUT2D eigenvalue weighted by Gasteiger charge is 2.30. The van der Waals surface area contributed by atoms with Gasteiger partial charge in [-0.05, 0) is 49.2 Å². The van der Waals surface area contributed by atoms with Crippen LogP contribution >= 0.6 is 22.9 Å². The number of ether oxygens (including phenoxy) is 1. The number of piperidine rings is 1. The Hall–Kier alpha value is -2.83. The van der Waals surface area contributed by atoms with Crippen LogP contribution in [0.4, 0.5) is 0 Å². The van der Waals surface area contributed by atoms with Crippen molar-refractivity contribution in [1.82, 2.24) is 9.88 Å². The highest BCUT2D eigenvalue weighted by atomic mass is 35.5. The Morgan fingerprint density at radius 1 is 1.13 bits per heavy atom. The number of para-hydroxylation sites is 1. The van der Waals surface area contributed by atoms with Crippen molar-refractivity contribution < 1.29 is 13.9 Å². The van der Waals surface area contributed by atoms with Crippen LogP contribution in [0, 0.1) is 0 Å². The average molecular weight is 451 g/mol. The summed E-state index contributed by atoms with van der Waals surface area (Å²) in [4.78, 5) is 21.7. The van der Waals surface area contributed by atoms with Crippen LogP contribution in [-0.4, -0.2) is 28.9 Å². The van der Waals surface area contributed by atoms with E-state index in [4.69, 9.17) is 20.8 Å². The summed E-state index contributed by atoms with van der Waals surface area (Å²) >= 11 is 7.63. The number of aromatic nitrogens is 1. The molecule has 5 nitrogen and oxygen atoms in total. The molecule has 0 unspecified atom stereocenters. The van der Waals surface area contributed by atoms with Crippen LogP contribution in [-0.2, 0) is 6.61 Å². The number of hydrogen-bond donors (Lipinski definition) is 0. The molecule has 2 aromatic heterocycles. The van der Waals surface area contributed by atoms with Crippen molar-refractivity contribution in [2.24, 2.45) is 0 Å². The first kappa shape index (κ1) is 18.9. The van der Waals surface area contributed by atoms with Crippen LogP contribution in [0.3, 0.4) is 0 Å². The zero-order chi connectivity index (χ0) is 20.9. The minimum atomic E-state index is 0.0969. The van der Waals surface area contributed by atoms with Gasteiger partial charge in [-0.25, -0.2) is 4.98 Å². The fraction of sp³-hybridized carbons (Fsp3) is 0.250. The molecule has 156 valence electrons. The highest BCUT2D eigenvalue weighted by Crippen LogP contribution is 2.43. The van der Waals surface area contributed by atoms with E-state index >= 15 is 0 Å². The Bertz CT molecular complexity index is 1300. The largest absolute Gasteiger partial charge is 0.488 e. The molecule has 1 saturated heterocycles. The maximum atomic E-state index is 13.2. The van der Waals surface area contributed by atoms with E-state index in [0.717, 1.165) is 56.5 Å². The number of likely N-dealkylation sites (tertiary alicyclic amines) is 1. The first-order valence-corrected chi connectivity index (χ1v) is 11.6. The molecule has 2 aliphatic rings. The predicted octanol–water partition coefficient (Wildman–Crippen LogP) is 6.12. The third kappa shape index (κ3) is 3.30. The van der Waals surface area contributed by atoms with Crippen LogP contribution in [0.5, 0.6) is 5.75 Å². The van der Waals surface area contributed by atoms with E-state index < -0.39 is 0 Å². The van der Waals surface area contributed by atoms with Gasteiger partial charge < -0.3 is 14.1 Å². The molecule has 1 fully saturated rings. The maximum absolute atomic E-state index is 13.2. The Balaban J connectivity index is 1.18. The summed E-state index contributed by atoms with van der Waals surface area (Å²) in [6.07, 6.45) is 1.67. The van der Waals surface area contributed by atoms with Gasteiger partial charge in [0, 0.05) is 40.0 Å². The molecule has 2 aliphatic heterocycles. The molecule has 6 rings (SSSR count). The molecule has 4 aromatic rings. The summed E-state index contributed by atoms with van der Waals surface area (Å²) in [5, 5.41) is 0.652. The van der Waals surface area contributed by atoms with Gasteiger partial charge >= 0.3 is 0 Å². The molecule has 0 bridgehead atoms. The lowest BCUT2D eigenvalue weighted by Gasteiger charge is -2.30. The van der Waals surface area contributed by atoms with Crippen molar-refractivity contribution in [2.75, 3.05) is 13.1 Å². The third-order valence-electron chi connectivity index (χ3n) is 6.03. The van der Waals surface area contributed by atoms with E-state index in [0.29, 0.717) is 24.7 Å². The topological polar surface area (TPSA) is 55.6 Å². The number of halogens is 1. The summed E-state index contributed by atoms with van der Waals surface area (Å²) in [5.41, 5.74) is 3.70. The van der Waals surface area contributed by atoms with Crippen molar-refractivity contribution in [3.05, 3.63) is 69.9 Å². The summed E-state index contributed by atoms with van der Waals surface area (Å²) in [5.74, 6) is 1.94. The van der Waals surface area contributed by atoms with Crippen molar-refractivity contribution in [3.63, 3.8) is 0 Å². The minimum Gasteiger partial charge on any atom is -0.488 e. The van der Waals surface area contributed by atoms with Crippen LogP contribution in [0.15, 0.2) is 52.9 Å². The number of benzene rings is 2. The fourth-order valence-electron chi connectivity index (χ4n) is 4.38. The first-order chi connectivity index (χ1) is 15.2. The van der Waals surface area contributed by atoms with Crippen molar-refractivity contribution in [3.8, 4) is 16.2 Å². The van der Waals surface area contributed by atoms with Gasteiger partial charge in [0.05, 0.1) is 4.88 Å². The second-order valence-electron chi connectivity index (χ2n) is 7.98. The molecule has 2 aromatic carbocycles. The van der Waals surface area contributed by atoms with Gasteiger partial charge in [-0.3, -0.25) is 4.79 Å². The lowest BCUT2D eigenvalue weighted by Crippen LogP contribution is -2.37. The molecule has 31 heavy (non-hydrogen) atoms. The van der Waals surface area contributed by atoms with Gasteiger partial charge in [0.1, 0.15) is 17.9 Å². The molecule has 0 spiro atoms. The molecule has 4 heterocycles. The van der Waals surface area contributed by atoms with Crippen molar-refractivity contribution in [1.29, 1.82) is 0 Å². The first-order valence-electron chi connectivity index (χ1n) is 10.4. The molecule has 0 radical (unpaired) electrons. The zero-order valence-corrected chi connectivity index (χ0v) is 18.2. The predicted molar refractivity (Wildman–Crippen MR) is 121 cm³/mol. The quantitative estimate of drug-likeness (QED) is 0.369. The third-order valence-corrected chi connectivity index (χ3v) is 7.47. The van der Waals surface area contributed by atoms with Gasteiger partial charge in [0.25, 0.3) is 5.91 Å². The van der Waals surface area contributed by atoms with Gasteiger partial charge in [-0.2, -0.15) is 0 Å². The van der Waals surface area contributed by atoms with Gasteiger partial charge in [-0.15, -0.1) is 11.3 Å². The molecule has 7 heteroatoms. The summed E-state index contributed by atoms with van der Waals surface area (Å²) in [6.45, 7) is 1.90. The highest BCUT2D eigenvalue weighted by molar-refractivity contribution is 7.17. The average Bonchev–Trinajstić information content (AvgIpc) is 3.43. The Morgan fingerprint density at radius 3 is 2.84 bits per heavy atom. The molecule has 0 N–H and O–H groups in total. The summed E-state index contributed by atoms with van der Waals surface area (Å²) in [6, 6.07) is 15.5. The normalized spacial score (nSPS) is 16.1. The molecular formula is C24H19ClN2O3S. The van der Waals surface area contributed by atoms with Gasteiger partial charge in [0.2, 0.25) is 0 Å².